The maximum Gasteiger partial charge on any atom is 0.315 e. The SMILES string of the molecule is O=C(NC1CCC(C(=O)O)CC1)NC1CCc2c(Cl)cccc21. The molecule has 1 aromatic rings. The number of carbonyl (C=O) groups excluding carboxylic acids is 1. The van der Waals surface area contributed by atoms with Gasteiger partial charge in [-0.3, -0.25) is 4.79 Å². The molecule has 2 amide bonds. The lowest BCUT2D eigenvalue weighted by atomic mass is 9.86. The van der Waals surface area contributed by atoms with Crippen molar-refractivity contribution in [2.24, 2.45) is 5.92 Å². The second kappa shape index (κ2) is 6.79. The molecular formula is C17H21ClN2O3. The van der Waals surface area contributed by atoms with Crippen LogP contribution in [0.2, 0.25) is 5.02 Å². The van der Waals surface area contributed by atoms with E-state index in [0.29, 0.717) is 12.8 Å². The summed E-state index contributed by atoms with van der Waals surface area (Å²) in [5, 5.41) is 15.8. The van der Waals surface area contributed by atoms with E-state index in [-0.39, 0.29) is 24.0 Å². The maximum absolute atomic E-state index is 12.2. The van der Waals surface area contributed by atoms with Crippen LogP contribution in [0.4, 0.5) is 4.79 Å². The monoisotopic (exact) mass is 336 g/mol. The van der Waals surface area contributed by atoms with Crippen LogP contribution in [0.15, 0.2) is 18.2 Å². The molecule has 1 fully saturated rings. The molecule has 5 nitrogen and oxygen atoms in total. The van der Waals surface area contributed by atoms with Gasteiger partial charge in [0, 0.05) is 11.1 Å². The zero-order valence-electron chi connectivity index (χ0n) is 12.8. The highest BCUT2D eigenvalue weighted by molar-refractivity contribution is 6.31. The van der Waals surface area contributed by atoms with E-state index in [9.17, 15) is 9.59 Å². The number of hydrogen-bond acceptors (Lipinski definition) is 2. The van der Waals surface area contributed by atoms with Crippen molar-refractivity contribution in [1.29, 1.82) is 0 Å². The van der Waals surface area contributed by atoms with Crippen LogP contribution < -0.4 is 10.6 Å². The Kier molecular flexibility index (Phi) is 4.76. The van der Waals surface area contributed by atoms with Gasteiger partial charge < -0.3 is 15.7 Å². The van der Waals surface area contributed by atoms with E-state index in [1.54, 1.807) is 0 Å². The van der Waals surface area contributed by atoms with Crippen LogP contribution in [0.1, 0.15) is 49.3 Å². The molecule has 0 aromatic heterocycles. The molecule has 0 bridgehead atoms. The number of halogens is 1. The quantitative estimate of drug-likeness (QED) is 0.792. The van der Waals surface area contributed by atoms with Crippen LogP contribution in [-0.2, 0) is 11.2 Å². The number of carbonyl (C=O) groups is 2. The Morgan fingerprint density at radius 3 is 2.52 bits per heavy atom. The third-order valence-corrected chi connectivity index (χ3v) is 5.28. The summed E-state index contributed by atoms with van der Waals surface area (Å²) in [6, 6.07) is 5.68. The summed E-state index contributed by atoms with van der Waals surface area (Å²) in [4.78, 5) is 23.2. The molecule has 0 saturated heterocycles. The number of rotatable bonds is 3. The van der Waals surface area contributed by atoms with Crippen LogP contribution >= 0.6 is 11.6 Å². The van der Waals surface area contributed by atoms with Gasteiger partial charge in [-0.2, -0.15) is 0 Å². The molecule has 1 unspecified atom stereocenters. The van der Waals surface area contributed by atoms with Crippen molar-refractivity contribution in [1.82, 2.24) is 10.6 Å². The molecule has 124 valence electrons. The van der Waals surface area contributed by atoms with Gasteiger partial charge >= 0.3 is 12.0 Å². The average molecular weight is 337 g/mol. The van der Waals surface area contributed by atoms with Crippen LogP contribution in [0.25, 0.3) is 0 Å². The fourth-order valence-corrected chi connectivity index (χ4v) is 3.91. The van der Waals surface area contributed by atoms with Crippen LogP contribution in [0.5, 0.6) is 0 Å². The third kappa shape index (κ3) is 3.61. The fraction of sp³-hybridized carbons (Fsp3) is 0.529. The molecule has 1 atom stereocenters. The van der Waals surface area contributed by atoms with Gasteiger partial charge in [0.05, 0.1) is 12.0 Å². The van der Waals surface area contributed by atoms with Gasteiger partial charge in [-0.1, -0.05) is 23.7 Å². The first-order valence-corrected chi connectivity index (χ1v) is 8.49. The normalized spacial score (nSPS) is 26.4. The first kappa shape index (κ1) is 16.1. The van der Waals surface area contributed by atoms with Crippen molar-refractivity contribution in [3.63, 3.8) is 0 Å². The predicted molar refractivity (Wildman–Crippen MR) is 87.6 cm³/mol. The molecule has 0 aliphatic heterocycles. The Hall–Kier alpha value is -1.75. The van der Waals surface area contributed by atoms with Crippen molar-refractivity contribution in [3.8, 4) is 0 Å². The molecule has 23 heavy (non-hydrogen) atoms. The number of carboxylic acids is 1. The predicted octanol–water partition coefficient (Wildman–Crippen LogP) is 3.27. The minimum absolute atomic E-state index is 0.000872. The molecule has 1 saturated carbocycles. The Morgan fingerprint density at radius 1 is 1.09 bits per heavy atom. The largest absolute Gasteiger partial charge is 0.481 e. The van der Waals surface area contributed by atoms with Gasteiger partial charge in [0.1, 0.15) is 0 Å². The molecule has 3 rings (SSSR count). The van der Waals surface area contributed by atoms with E-state index in [2.05, 4.69) is 10.6 Å². The lowest BCUT2D eigenvalue weighted by Gasteiger charge is -2.27. The fourth-order valence-electron chi connectivity index (χ4n) is 3.63. The second-order valence-electron chi connectivity index (χ2n) is 6.40. The average Bonchev–Trinajstić information content (AvgIpc) is 2.92. The zero-order valence-corrected chi connectivity index (χ0v) is 13.6. The summed E-state index contributed by atoms with van der Waals surface area (Å²) in [5.41, 5.74) is 2.23. The van der Waals surface area contributed by atoms with Gasteiger partial charge in [-0.15, -0.1) is 0 Å². The van der Waals surface area contributed by atoms with Gasteiger partial charge in [0.2, 0.25) is 0 Å². The number of carboxylic acid groups (broad SMARTS) is 1. The number of urea groups is 1. The first-order valence-electron chi connectivity index (χ1n) is 8.11. The minimum atomic E-state index is -0.729. The highest BCUT2D eigenvalue weighted by atomic mass is 35.5. The Labute approximate surface area is 140 Å². The minimum Gasteiger partial charge on any atom is -0.481 e. The van der Waals surface area contributed by atoms with E-state index < -0.39 is 5.97 Å². The van der Waals surface area contributed by atoms with Crippen molar-refractivity contribution in [3.05, 3.63) is 34.3 Å². The first-order chi connectivity index (χ1) is 11.0. The molecule has 0 spiro atoms. The van der Waals surface area contributed by atoms with Crippen molar-refractivity contribution >= 4 is 23.6 Å². The van der Waals surface area contributed by atoms with Crippen LogP contribution in [0, 0.1) is 5.92 Å². The molecule has 3 N–H and O–H groups in total. The molecule has 1 aromatic carbocycles. The molecule has 6 heteroatoms. The lowest BCUT2D eigenvalue weighted by Crippen LogP contribution is -2.45. The topological polar surface area (TPSA) is 78.4 Å². The van der Waals surface area contributed by atoms with E-state index in [1.165, 1.54) is 0 Å². The number of hydrogen-bond donors (Lipinski definition) is 3. The van der Waals surface area contributed by atoms with Gasteiger partial charge in [0.15, 0.2) is 0 Å². The van der Waals surface area contributed by atoms with E-state index in [4.69, 9.17) is 16.7 Å². The summed E-state index contributed by atoms with van der Waals surface area (Å²) < 4.78 is 0. The summed E-state index contributed by atoms with van der Waals surface area (Å²) in [6.45, 7) is 0. The van der Waals surface area contributed by atoms with Gasteiger partial charge in [-0.05, 0) is 55.7 Å². The zero-order chi connectivity index (χ0) is 16.4. The maximum atomic E-state index is 12.2. The van der Waals surface area contributed by atoms with Crippen LogP contribution in [-0.4, -0.2) is 23.1 Å². The molecule has 0 heterocycles. The van der Waals surface area contributed by atoms with Crippen molar-refractivity contribution in [2.45, 2.75) is 50.6 Å². The molecule has 2 aliphatic rings. The Bertz CT molecular complexity index is 612. The second-order valence-corrected chi connectivity index (χ2v) is 6.81. The van der Waals surface area contributed by atoms with E-state index in [1.807, 2.05) is 18.2 Å². The molecule has 0 radical (unpaired) electrons. The molecule has 2 aliphatic carbocycles. The number of benzene rings is 1. The summed E-state index contributed by atoms with van der Waals surface area (Å²) in [5.74, 6) is -0.993. The Morgan fingerprint density at radius 2 is 1.83 bits per heavy atom. The lowest BCUT2D eigenvalue weighted by molar-refractivity contribution is -0.142. The Balaban J connectivity index is 1.52. The highest BCUT2D eigenvalue weighted by Crippen LogP contribution is 2.35. The third-order valence-electron chi connectivity index (χ3n) is 4.93. The highest BCUT2D eigenvalue weighted by Gasteiger charge is 2.29. The van der Waals surface area contributed by atoms with Crippen molar-refractivity contribution in [2.75, 3.05) is 0 Å². The number of fused-ring (bicyclic) bond motifs is 1. The van der Waals surface area contributed by atoms with Gasteiger partial charge in [0.25, 0.3) is 0 Å². The molecular weight excluding hydrogens is 316 g/mol. The summed E-state index contributed by atoms with van der Waals surface area (Å²) in [6.07, 6.45) is 4.43. The van der Waals surface area contributed by atoms with Gasteiger partial charge in [-0.25, -0.2) is 4.79 Å². The summed E-state index contributed by atoms with van der Waals surface area (Å²) in [7, 11) is 0. The van der Waals surface area contributed by atoms with Crippen LogP contribution in [0.3, 0.4) is 0 Å². The summed E-state index contributed by atoms with van der Waals surface area (Å²) >= 11 is 6.19. The van der Waals surface area contributed by atoms with Crippen molar-refractivity contribution < 1.29 is 14.7 Å². The number of nitrogens with one attached hydrogen (secondary N) is 2. The number of aliphatic carboxylic acids is 1. The number of amides is 2. The van der Waals surface area contributed by atoms with E-state index in [0.717, 1.165) is 41.8 Å². The standard InChI is InChI=1S/C17H21ClN2O3/c18-14-3-1-2-13-12(14)8-9-15(13)20-17(23)19-11-6-4-10(5-7-11)16(21)22/h1-3,10-11,15H,4-9H2,(H,21,22)(H2,19,20,23). The van der Waals surface area contributed by atoms with E-state index >= 15 is 0 Å². The smallest absolute Gasteiger partial charge is 0.315 e.